The first kappa shape index (κ1) is 63.9. The molecule has 0 aromatic heterocycles. The van der Waals surface area contributed by atoms with Gasteiger partial charge >= 0.3 is 0 Å². The molecule has 0 atom stereocenters. The Morgan fingerprint density at radius 1 is 0.174 bits per heavy atom. The summed E-state index contributed by atoms with van der Waals surface area (Å²) in [5, 5.41) is 0. The molecule has 0 radical (unpaired) electrons. The number of anilines is 21. The van der Waals surface area contributed by atoms with Gasteiger partial charge in [0.2, 0.25) is 0 Å². The average molecular weight is 1460 g/mol. The number of hydrogen-bond donors (Lipinski definition) is 0. The van der Waals surface area contributed by atoms with Gasteiger partial charge in [0.05, 0.1) is 11.4 Å². The molecule has 8 aliphatic heterocycles. The van der Waals surface area contributed by atoms with E-state index in [4.69, 9.17) is 9.47 Å². The van der Waals surface area contributed by atoms with Crippen molar-refractivity contribution >= 4 is 212 Å². The van der Waals surface area contributed by atoms with Gasteiger partial charge in [0.1, 0.15) is 23.0 Å². The fourth-order valence-corrected chi connectivity index (χ4v) is 20.5. The lowest BCUT2D eigenvalue weighted by Gasteiger charge is -2.48. The summed E-state index contributed by atoms with van der Waals surface area (Å²) in [4.78, 5) is 17.4. The van der Waals surface area contributed by atoms with Crippen LogP contribution < -0.4 is 109 Å². The molecule has 0 unspecified atom stereocenters. The Balaban J connectivity index is 0.717. The Bertz CT molecular complexity index is 6390. The molecule has 0 amide bonds. The average Bonchev–Trinajstić information content (AvgIpc) is 0.673. The summed E-state index contributed by atoms with van der Waals surface area (Å²) in [6, 6.07) is 145. The van der Waals surface area contributed by atoms with Crippen molar-refractivity contribution in [3.63, 3.8) is 0 Å². The van der Waals surface area contributed by atoms with Crippen molar-refractivity contribution in [1.29, 1.82) is 0 Å². The Kier molecular flexibility index (Phi) is 13.8. The molecule has 8 heterocycles. The summed E-state index contributed by atoms with van der Waals surface area (Å²) in [5.41, 5.74) is 37.1. The van der Waals surface area contributed by atoms with Crippen molar-refractivity contribution in [3.8, 4) is 23.0 Å². The molecule has 0 aliphatic carbocycles. The molecule has 532 valence electrons. The van der Waals surface area contributed by atoms with Gasteiger partial charge in [-0.1, -0.05) is 231 Å². The number of ether oxygens (including phenoxy) is 2. The molecule has 17 aromatic carbocycles. The van der Waals surface area contributed by atoms with Crippen LogP contribution in [-0.2, 0) is 0 Å². The Labute approximate surface area is 668 Å². The van der Waals surface area contributed by atoms with Crippen molar-refractivity contribution in [3.05, 3.63) is 394 Å². The van der Waals surface area contributed by atoms with Crippen molar-refractivity contribution in [2.24, 2.45) is 0 Å². The van der Waals surface area contributed by atoms with E-state index in [1.807, 2.05) is 0 Å². The van der Waals surface area contributed by atoms with Crippen LogP contribution in [0.2, 0.25) is 0 Å². The van der Waals surface area contributed by atoms with Crippen LogP contribution in [0.1, 0.15) is 0 Å². The van der Waals surface area contributed by atoms with E-state index in [0.29, 0.717) is 0 Å². The molecule has 0 N–H and O–H groups in total. The van der Waals surface area contributed by atoms with E-state index < -0.39 is 0 Å². The van der Waals surface area contributed by atoms with Crippen LogP contribution in [0.25, 0.3) is 0 Å². The zero-order valence-electron chi connectivity index (χ0n) is 62.3. The van der Waals surface area contributed by atoms with E-state index in [0.717, 1.165) is 164 Å². The minimum Gasteiger partial charge on any atom is -0.458 e. The third-order valence-corrected chi connectivity index (χ3v) is 25.0. The van der Waals surface area contributed by atoms with Gasteiger partial charge in [0.25, 0.3) is 26.9 Å². The summed E-state index contributed by atoms with van der Waals surface area (Å²) in [6.07, 6.45) is 0. The predicted octanol–water partition coefficient (Wildman–Crippen LogP) is 18.1. The fraction of sp³-hybridized carbons (Fsp3) is 0. The predicted molar refractivity (Wildman–Crippen MR) is 481 cm³/mol. The second kappa shape index (κ2) is 24.9. The highest BCUT2D eigenvalue weighted by Gasteiger charge is 2.54. The molecule has 0 fully saturated rings. The van der Waals surface area contributed by atoms with E-state index in [-0.39, 0.29) is 26.9 Å². The first-order chi connectivity index (χ1) is 57.1. The molecule has 9 nitrogen and oxygen atoms in total. The van der Waals surface area contributed by atoms with E-state index in [1.165, 1.54) is 43.7 Å². The fourth-order valence-electron chi connectivity index (χ4n) is 20.5. The highest BCUT2D eigenvalue weighted by atomic mass is 16.5. The van der Waals surface area contributed by atoms with Crippen LogP contribution in [0.15, 0.2) is 394 Å². The van der Waals surface area contributed by atoms with E-state index in [1.54, 1.807) is 0 Å². The van der Waals surface area contributed by atoms with Crippen molar-refractivity contribution in [2.45, 2.75) is 0 Å². The summed E-state index contributed by atoms with van der Waals surface area (Å²) < 4.78 is 15.8. The van der Waals surface area contributed by atoms with Crippen molar-refractivity contribution in [1.82, 2.24) is 0 Å². The van der Waals surface area contributed by atoms with Crippen molar-refractivity contribution in [2.75, 3.05) is 34.3 Å². The zero-order chi connectivity index (χ0) is 75.1. The van der Waals surface area contributed by atoms with Gasteiger partial charge < -0.3 is 43.8 Å². The quantitative estimate of drug-likeness (QED) is 0.125. The SMILES string of the molecule is c1ccc(N(c2ccccc2)c2cc3c4c(c2)N(c2ccccc2)c2cc5c(cc2B4c2ccccc2N3c2ccccc2)B2c3ccccc3N3c4ccccc4B4c6cc7c(cc6Oc6cc(c2c3c64)O5)N(c2ccccc2)c2cc(N(c3ccccc3)c3ccccc3)cc3c2B7c2ccccc2N3c2ccccc2)cc1. The first-order valence-electron chi connectivity index (χ1n) is 39.8. The maximum atomic E-state index is 7.91. The number of hydrogen-bond acceptors (Lipinski definition) is 9. The van der Waals surface area contributed by atoms with E-state index in [2.05, 4.69) is 429 Å². The normalized spacial score (nSPS) is 13.7. The summed E-state index contributed by atoms with van der Waals surface area (Å²) in [5.74, 6) is 3.18. The number of fused-ring (bicyclic) bond motifs is 18. The third-order valence-electron chi connectivity index (χ3n) is 25.0. The van der Waals surface area contributed by atoms with Crippen LogP contribution in [0.3, 0.4) is 0 Å². The van der Waals surface area contributed by atoms with Crippen molar-refractivity contribution < 1.29 is 9.47 Å². The van der Waals surface area contributed by atoms with E-state index >= 15 is 0 Å². The number of nitrogens with zero attached hydrogens (tertiary/aromatic N) is 7. The second-order valence-corrected chi connectivity index (χ2v) is 30.9. The smallest absolute Gasteiger partial charge is 0.256 e. The van der Waals surface area contributed by atoms with Gasteiger partial charge in [-0.25, -0.2) is 0 Å². The second-order valence-electron chi connectivity index (χ2n) is 30.9. The molecule has 0 saturated carbocycles. The summed E-state index contributed by atoms with van der Waals surface area (Å²) in [7, 11) is 0. The van der Waals surface area contributed by atoms with Crippen LogP contribution in [0.5, 0.6) is 23.0 Å². The minimum atomic E-state index is -0.240. The molecule has 25 rings (SSSR count). The van der Waals surface area contributed by atoms with Crippen LogP contribution in [-0.4, -0.2) is 26.9 Å². The first-order valence-corrected chi connectivity index (χ1v) is 39.8. The van der Waals surface area contributed by atoms with Crippen LogP contribution in [0, 0.1) is 0 Å². The highest BCUT2D eigenvalue weighted by Crippen LogP contribution is 2.54. The lowest BCUT2D eigenvalue weighted by atomic mass is 9.28. The van der Waals surface area contributed by atoms with Gasteiger partial charge in [-0.3, -0.25) is 0 Å². The third kappa shape index (κ3) is 9.31. The molecular formula is C102H65B4N7O2. The monoisotopic (exact) mass is 1460 g/mol. The topological polar surface area (TPSA) is 41.1 Å². The maximum absolute atomic E-state index is 7.91. The molecule has 0 spiro atoms. The Morgan fingerprint density at radius 2 is 0.426 bits per heavy atom. The Hall–Kier alpha value is -14.8. The van der Waals surface area contributed by atoms with Crippen LogP contribution in [0.4, 0.5) is 119 Å². The molecule has 115 heavy (non-hydrogen) atoms. The standard InChI is InChI=1S/C102H65B4N7O2/c1-9-33-66(34-10-1)107(67-35-11-2-12-36-67)74-57-90-98-92(59-74)111(72-45-21-7-22-46-72)88-63-94-82(61-80(88)103(98)76-49-25-29-53-84(76)109(90)70-41-17-5-18-42-70)105-78-51-27-31-55-86(78)113-87-56-32-28-52-79(87)106-83-62-81-89(64-95(83)115-97-65-96(114-94)100(105)102(113)101(97)106)112(73-47-23-8-24-48-73)93-60-75(108(68-37-13-3-14-38-68)69-39-15-4-16-40-69)58-91-99(93)104(81)77-50-26-30-54-85(77)110(91)71-43-19-6-20-44-71/h1-65H. The molecule has 17 aromatic rings. The number of rotatable bonds is 10. The molecular weight excluding hydrogens is 1400 g/mol. The highest BCUT2D eigenvalue weighted by molar-refractivity contribution is 7.06. The number of para-hydroxylation sites is 12. The lowest BCUT2D eigenvalue weighted by Crippen LogP contribution is -2.68. The number of benzene rings is 17. The summed E-state index contributed by atoms with van der Waals surface area (Å²) >= 11 is 0. The van der Waals surface area contributed by atoms with E-state index in [9.17, 15) is 0 Å². The maximum Gasteiger partial charge on any atom is 0.256 e. The van der Waals surface area contributed by atoms with Gasteiger partial charge in [-0.05, 0) is 211 Å². The zero-order valence-corrected chi connectivity index (χ0v) is 62.3. The summed E-state index contributed by atoms with van der Waals surface area (Å²) in [6.45, 7) is -0.865. The van der Waals surface area contributed by atoms with Gasteiger partial charge in [-0.2, -0.15) is 0 Å². The molecule has 13 heteroatoms. The largest absolute Gasteiger partial charge is 0.458 e. The molecule has 8 aliphatic rings. The Morgan fingerprint density at radius 3 is 0.730 bits per heavy atom. The lowest BCUT2D eigenvalue weighted by molar-refractivity contribution is 0.466. The van der Waals surface area contributed by atoms with Gasteiger partial charge in [0.15, 0.2) is 0 Å². The molecule has 0 bridgehead atoms. The molecule has 0 saturated heterocycles. The van der Waals surface area contributed by atoms with Gasteiger partial charge in [-0.15, -0.1) is 0 Å². The minimum absolute atomic E-state index is 0.193. The van der Waals surface area contributed by atoms with Crippen LogP contribution >= 0.6 is 0 Å². The van der Waals surface area contributed by atoms with Gasteiger partial charge in [0, 0.05) is 126 Å².